The predicted molar refractivity (Wildman–Crippen MR) is 110 cm³/mol. The average molecular weight is 464 g/mol. The normalized spacial score (nSPS) is 15.1. The smallest absolute Gasteiger partial charge is 0.269 e. The number of halogens is 2. The van der Waals surface area contributed by atoms with E-state index in [1.807, 2.05) is 0 Å². The number of anilines is 1. The molecular weight excluding hydrogens is 445 g/mol. The third kappa shape index (κ3) is 5.62. The Morgan fingerprint density at radius 2 is 1.96 bits per heavy atom. The molecule has 1 saturated heterocycles. The summed E-state index contributed by atoms with van der Waals surface area (Å²) in [5, 5.41) is 10.5. The molecule has 2 heterocycles. The highest BCUT2D eigenvalue weighted by Gasteiger charge is 2.21. The van der Waals surface area contributed by atoms with Crippen molar-refractivity contribution in [1.82, 2.24) is 19.8 Å². The molecule has 0 radical (unpaired) electrons. The van der Waals surface area contributed by atoms with E-state index in [0.29, 0.717) is 11.6 Å². The van der Waals surface area contributed by atoms with Crippen molar-refractivity contribution in [2.24, 2.45) is 0 Å². The lowest BCUT2D eigenvalue weighted by Crippen LogP contribution is -2.28. The largest absolute Gasteiger partial charge is 0.303 e. The summed E-state index contributed by atoms with van der Waals surface area (Å²) in [6, 6.07) is 4.45. The number of amides is 1. The van der Waals surface area contributed by atoms with E-state index in [1.54, 1.807) is 0 Å². The van der Waals surface area contributed by atoms with Gasteiger partial charge in [0.1, 0.15) is 0 Å². The standard InChI is InChI=1S/C16H19Cl2N5O3S2/c17-11-4-5-12(13(18)10-11)14(24)20-15-21-22-16(27-15)28(25,26)19-6-3-9-23-7-1-2-8-23/h4-5,10,19H,1-3,6-9H2,(H,20,21,24). The topological polar surface area (TPSA) is 104 Å². The Balaban J connectivity index is 1.55. The third-order valence-corrected chi connectivity index (χ3v) is 7.39. The molecule has 0 spiro atoms. The molecule has 12 heteroatoms. The second-order valence-electron chi connectivity index (χ2n) is 6.25. The Hall–Kier alpha value is -1.30. The summed E-state index contributed by atoms with van der Waals surface area (Å²) >= 11 is 12.6. The molecular formula is C16H19Cl2N5O3S2. The quantitative estimate of drug-likeness (QED) is 0.460. The Kier molecular flexibility index (Phi) is 7.24. The van der Waals surface area contributed by atoms with Crippen molar-refractivity contribution >= 4 is 55.6 Å². The van der Waals surface area contributed by atoms with E-state index in [-0.39, 0.29) is 20.1 Å². The highest BCUT2D eigenvalue weighted by molar-refractivity contribution is 7.91. The predicted octanol–water partition coefficient (Wildman–Crippen LogP) is 2.86. The molecule has 2 aromatic rings. The summed E-state index contributed by atoms with van der Waals surface area (Å²) in [5.74, 6) is -0.527. The summed E-state index contributed by atoms with van der Waals surface area (Å²) in [7, 11) is -3.77. The van der Waals surface area contributed by atoms with Crippen LogP contribution in [0.25, 0.3) is 0 Å². The van der Waals surface area contributed by atoms with Crippen molar-refractivity contribution in [3.8, 4) is 0 Å². The minimum atomic E-state index is -3.77. The van der Waals surface area contributed by atoms with E-state index in [2.05, 4.69) is 25.1 Å². The zero-order chi connectivity index (χ0) is 20.1. The van der Waals surface area contributed by atoms with Gasteiger partial charge < -0.3 is 4.90 Å². The number of nitrogens with zero attached hydrogens (tertiary/aromatic N) is 3. The Bertz CT molecular complexity index is 946. The van der Waals surface area contributed by atoms with E-state index in [9.17, 15) is 13.2 Å². The minimum Gasteiger partial charge on any atom is -0.303 e. The molecule has 8 nitrogen and oxygen atoms in total. The lowest BCUT2D eigenvalue weighted by molar-refractivity contribution is 0.102. The maximum Gasteiger partial charge on any atom is 0.269 e. The molecule has 0 unspecified atom stereocenters. The molecule has 152 valence electrons. The Labute approximate surface area is 177 Å². The molecule has 0 atom stereocenters. The van der Waals surface area contributed by atoms with E-state index < -0.39 is 15.9 Å². The van der Waals surface area contributed by atoms with Crippen LogP contribution < -0.4 is 10.0 Å². The van der Waals surface area contributed by atoms with E-state index >= 15 is 0 Å². The van der Waals surface area contributed by atoms with Crippen molar-refractivity contribution in [1.29, 1.82) is 0 Å². The third-order valence-electron chi connectivity index (χ3n) is 4.17. The number of nitrogens with one attached hydrogen (secondary N) is 2. The van der Waals surface area contributed by atoms with Crippen molar-refractivity contribution < 1.29 is 13.2 Å². The summed E-state index contributed by atoms with van der Waals surface area (Å²) in [6.07, 6.45) is 3.12. The molecule has 1 aromatic heterocycles. The molecule has 1 fully saturated rings. The number of aromatic nitrogens is 2. The van der Waals surface area contributed by atoms with Crippen LogP contribution in [0.3, 0.4) is 0 Å². The fourth-order valence-corrected chi connectivity index (χ4v) is 5.29. The van der Waals surface area contributed by atoms with Crippen molar-refractivity contribution in [2.75, 3.05) is 31.5 Å². The minimum absolute atomic E-state index is 0.0634. The van der Waals surface area contributed by atoms with Crippen LogP contribution in [0.5, 0.6) is 0 Å². The number of likely N-dealkylation sites (tertiary alicyclic amines) is 1. The van der Waals surface area contributed by atoms with Gasteiger partial charge in [-0.25, -0.2) is 13.1 Å². The van der Waals surface area contributed by atoms with Gasteiger partial charge in [-0.05, 0) is 57.1 Å². The number of benzene rings is 1. The number of rotatable bonds is 8. The molecule has 28 heavy (non-hydrogen) atoms. The number of carbonyl (C=O) groups is 1. The lowest BCUT2D eigenvalue weighted by atomic mass is 10.2. The first-order chi connectivity index (χ1) is 13.3. The second-order valence-corrected chi connectivity index (χ2v) is 10.0. The molecule has 1 aliphatic rings. The van der Waals surface area contributed by atoms with Gasteiger partial charge in [-0.1, -0.05) is 34.5 Å². The van der Waals surface area contributed by atoms with Gasteiger partial charge in [0.2, 0.25) is 9.47 Å². The SMILES string of the molecule is O=C(Nc1nnc(S(=O)(=O)NCCCN2CCCC2)s1)c1ccc(Cl)cc1Cl. The first kappa shape index (κ1) is 21.4. The van der Waals surface area contributed by atoms with Gasteiger partial charge in [-0.2, -0.15) is 0 Å². The van der Waals surface area contributed by atoms with Crippen molar-refractivity contribution in [3.05, 3.63) is 33.8 Å². The summed E-state index contributed by atoms with van der Waals surface area (Å²) < 4.78 is 27.0. The molecule has 1 aromatic carbocycles. The van der Waals surface area contributed by atoms with Crippen LogP contribution in [0.4, 0.5) is 5.13 Å². The van der Waals surface area contributed by atoms with Gasteiger partial charge in [-0.15, -0.1) is 10.2 Å². The summed E-state index contributed by atoms with van der Waals surface area (Å²) in [4.78, 5) is 14.6. The van der Waals surface area contributed by atoms with Crippen LogP contribution in [0.2, 0.25) is 10.0 Å². The molecule has 3 rings (SSSR count). The zero-order valence-electron chi connectivity index (χ0n) is 14.8. The Morgan fingerprint density at radius 1 is 1.21 bits per heavy atom. The molecule has 1 aliphatic heterocycles. The van der Waals surface area contributed by atoms with Gasteiger partial charge in [0.15, 0.2) is 0 Å². The van der Waals surface area contributed by atoms with E-state index in [0.717, 1.165) is 37.4 Å². The van der Waals surface area contributed by atoms with Crippen molar-refractivity contribution in [3.63, 3.8) is 0 Å². The van der Waals surface area contributed by atoms with Crippen LogP contribution in [0.1, 0.15) is 29.6 Å². The van der Waals surface area contributed by atoms with Crippen LogP contribution in [-0.4, -0.2) is 55.6 Å². The molecule has 1 amide bonds. The molecule has 0 aliphatic carbocycles. The fraction of sp³-hybridized carbons (Fsp3) is 0.438. The van der Waals surface area contributed by atoms with Crippen LogP contribution >= 0.6 is 34.5 Å². The number of carbonyl (C=O) groups excluding carboxylic acids is 1. The van der Waals surface area contributed by atoms with Crippen LogP contribution in [-0.2, 0) is 10.0 Å². The monoisotopic (exact) mass is 463 g/mol. The first-order valence-corrected chi connectivity index (χ1v) is 11.7. The van der Waals surface area contributed by atoms with Gasteiger partial charge in [0.05, 0.1) is 10.6 Å². The lowest BCUT2D eigenvalue weighted by Gasteiger charge is -2.13. The number of sulfonamides is 1. The Morgan fingerprint density at radius 3 is 2.68 bits per heavy atom. The van der Waals surface area contributed by atoms with E-state index in [1.165, 1.54) is 31.0 Å². The van der Waals surface area contributed by atoms with E-state index in [4.69, 9.17) is 23.2 Å². The van der Waals surface area contributed by atoms with Gasteiger partial charge in [0, 0.05) is 11.6 Å². The van der Waals surface area contributed by atoms with Gasteiger partial charge in [-0.3, -0.25) is 10.1 Å². The maximum absolute atomic E-state index is 12.3. The highest BCUT2D eigenvalue weighted by atomic mass is 35.5. The average Bonchev–Trinajstić information content (AvgIpc) is 3.30. The molecule has 0 saturated carbocycles. The van der Waals surface area contributed by atoms with Gasteiger partial charge in [0.25, 0.3) is 15.9 Å². The maximum atomic E-state index is 12.3. The number of hydrogen-bond acceptors (Lipinski definition) is 7. The van der Waals surface area contributed by atoms with Gasteiger partial charge >= 0.3 is 0 Å². The second kappa shape index (κ2) is 9.47. The zero-order valence-corrected chi connectivity index (χ0v) is 18.0. The summed E-state index contributed by atoms with van der Waals surface area (Å²) in [6.45, 7) is 3.33. The molecule has 0 bridgehead atoms. The fourth-order valence-electron chi connectivity index (χ4n) is 2.78. The highest BCUT2D eigenvalue weighted by Crippen LogP contribution is 2.24. The molecule has 2 N–H and O–H groups in total. The first-order valence-electron chi connectivity index (χ1n) is 8.67. The van der Waals surface area contributed by atoms with Crippen LogP contribution in [0, 0.1) is 0 Å². The van der Waals surface area contributed by atoms with Crippen molar-refractivity contribution in [2.45, 2.75) is 23.6 Å². The summed E-state index contributed by atoms with van der Waals surface area (Å²) in [5.41, 5.74) is 0.200. The number of hydrogen-bond donors (Lipinski definition) is 2. The van der Waals surface area contributed by atoms with Crippen LogP contribution in [0.15, 0.2) is 22.5 Å².